The average Bonchev–Trinajstić information content (AvgIpc) is 3.24. The number of cyclic esters (lactones) is 1. The molecule has 3 aromatic rings. The molecule has 8 heteroatoms. The number of amides is 3. The molecule has 0 radical (unpaired) electrons. The number of carbonyl (C=O) groups is 3. The number of nitrogens with zero attached hydrogens (tertiary/aromatic N) is 3. The van der Waals surface area contributed by atoms with E-state index in [1.165, 1.54) is 4.90 Å². The van der Waals surface area contributed by atoms with Crippen molar-refractivity contribution in [1.82, 2.24) is 14.8 Å². The Hall–Kier alpha value is -4.46. The third kappa shape index (κ3) is 4.26. The number of aromatic nitrogens is 1. The molecule has 176 valence electrons. The van der Waals surface area contributed by atoms with Crippen LogP contribution in [0.25, 0.3) is 6.08 Å². The molecule has 8 nitrogen and oxygen atoms in total. The van der Waals surface area contributed by atoms with Gasteiger partial charge in [-0.1, -0.05) is 54.6 Å². The Labute approximate surface area is 202 Å². The van der Waals surface area contributed by atoms with E-state index >= 15 is 0 Å². The second-order valence-corrected chi connectivity index (χ2v) is 8.36. The molecule has 0 N–H and O–H groups in total. The molecule has 0 unspecified atom stereocenters. The van der Waals surface area contributed by atoms with Gasteiger partial charge in [0.1, 0.15) is 18.4 Å². The molecule has 3 amide bonds. The van der Waals surface area contributed by atoms with Crippen LogP contribution in [0.1, 0.15) is 24.1 Å². The molecule has 2 aliphatic rings. The summed E-state index contributed by atoms with van der Waals surface area (Å²) in [5, 5.41) is 0. The second-order valence-electron chi connectivity index (χ2n) is 8.36. The van der Waals surface area contributed by atoms with Gasteiger partial charge in [0, 0.05) is 12.4 Å². The number of hydrogen-bond acceptors (Lipinski definition) is 6. The van der Waals surface area contributed by atoms with Crippen LogP contribution in [-0.4, -0.2) is 51.6 Å². The quantitative estimate of drug-likeness (QED) is 0.513. The van der Waals surface area contributed by atoms with Gasteiger partial charge in [-0.15, -0.1) is 0 Å². The third-order valence-electron chi connectivity index (χ3n) is 6.18. The predicted molar refractivity (Wildman–Crippen MR) is 127 cm³/mol. The summed E-state index contributed by atoms with van der Waals surface area (Å²) < 4.78 is 10.8. The summed E-state index contributed by atoms with van der Waals surface area (Å²) in [5.74, 6) is -0.191. The van der Waals surface area contributed by atoms with Crippen molar-refractivity contribution >= 4 is 24.2 Å². The predicted octanol–water partition coefficient (Wildman–Crippen LogP) is 4.46. The Morgan fingerprint density at radius 3 is 2.34 bits per heavy atom. The van der Waals surface area contributed by atoms with Crippen LogP contribution in [0, 0.1) is 0 Å². The molecule has 2 saturated heterocycles. The Morgan fingerprint density at radius 1 is 1.00 bits per heavy atom. The van der Waals surface area contributed by atoms with E-state index in [1.807, 2.05) is 55.5 Å². The topological polar surface area (TPSA) is 89.0 Å². The number of para-hydroxylation sites is 1. The number of ether oxygens (including phenoxy) is 2. The number of rotatable bonds is 5. The first-order valence-electron chi connectivity index (χ1n) is 11.2. The molecule has 0 aliphatic carbocycles. The summed E-state index contributed by atoms with van der Waals surface area (Å²) in [5.41, 5.74) is 2.43. The highest BCUT2D eigenvalue weighted by Crippen LogP contribution is 2.39. The van der Waals surface area contributed by atoms with Crippen LogP contribution < -0.4 is 4.74 Å². The van der Waals surface area contributed by atoms with E-state index in [2.05, 4.69) is 4.98 Å². The number of benzene rings is 2. The van der Waals surface area contributed by atoms with Gasteiger partial charge in [-0.3, -0.25) is 14.7 Å². The summed E-state index contributed by atoms with van der Waals surface area (Å²) in [4.78, 5) is 45.8. The first kappa shape index (κ1) is 22.3. The van der Waals surface area contributed by atoms with Crippen molar-refractivity contribution in [1.29, 1.82) is 0 Å². The normalized spacial score (nSPS) is 22.0. The summed E-state index contributed by atoms with van der Waals surface area (Å²) in [7, 11) is 0. The fourth-order valence-corrected chi connectivity index (χ4v) is 4.52. The lowest BCUT2D eigenvalue weighted by molar-refractivity contribution is -0.150. The molecule has 2 fully saturated rings. The van der Waals surface area contributed by atoms with Gasteiger partial charge in [0.05, 0.1) is 12.1 Å². The number of imide groups is 1. The first-order chi connectivity index (χ1) is 17.0. The Balaban J connectivity index is 1.49. The zero-order chi connectivity index (χ0) is 24.4. The fraction of sp³-hybridized carbons (Fsp3) is 0.185. The second kappa shape index (κ2) is 9.42. The van der Waals surface area contributed by atoms with Gasteiger partial charge in [-0.05, 0) is 47.9 Å². The van der Waals surface area contributed by atoms with E-state index in [-0.39, 0.29) is 6.61 Å². The largest absolute Gasteiger partial charge is 0.447 e. The lowest BCUT2D eigenvalue weighted by Gasteiger charge is -2.49. The lowest BCUT2D eigenvalue weighted by Crippen LogP contribution is -2.73. The molecular weight excluding hydrogens is 446 g/mol. The van der Waals surface area contributed by atoms with Crippen LogP contribution in [0.3, 0.4) is 0 Å². The molecule has 5 rings (SSSR count). The van der Waals surface area contributed by atoms with Gasteiger partial charge in [0.25, 0.3) is 5.91 Å². The minimum Gasteiger partial charge on any atom is -0.447 e. The Morgan fingerprint density at radius 2 is 1.66 bits per heavy atom. The number of hydrogen-bond donors (Lipinski definition) is 0. The molecule has 35 heavy (non-hydrogen) atoms. The zero-order valence-corrected chi connectivity index (χ0v) is 19.0. The van der Waals surface area contributed by atoms with Crippen molar-refractivity contribution in [2.24, 2.45) is 0 Å². The maximum absolute atomic E-state index is 13.4. The highest BCUT2D eigenvalue weighted by atomic mass is 16.6. The van der Waals surface area contributed by atoms with Crippen LogP contribution in [0.4, 0.5) is 9.59 Å². The monoisotopic (exact) mass is 469 g/mol. The van der Waals surface area contributed by atoms with E-state index in [1.54, 1.807) is 42.7 Å². The van der Waals surface area contributed by atoms with E-state index in [4.69, 9.17) is 9.47 Å². The molecular formula is C27H23N3O5. The standard InChI is InChI=1S/C27H23N3O5/c1-18(16-19-12-14-28-15-13-19)23-24(25(31)30(23)27(33)35-21-10-6-3-7-11-21)29-22(17-34-26(29)32)20-8-4-2-5-9-20/h2-16,22-24H,17H2,1H3/b18-16+/t22-,23-,24-/m1/s1. The molecule has 2 aromatic carbocycles. The van der Waals surface area contributed by atoms with Crippen molar-refractivity contribution < 1.29 is 23.9 Å². The SMILES string of the molecule is C/C(=C\c1ccncc1)[C@@H]1[C@@H](N2C(=O)OC[C@@H]2c2ccccc2)C(=O)N1C(=O)Oc1ccccc1. The van der Waals surface area contributed by atoms with Crippen LogP contribution >= 0.6 is 0 Å². The van der Waals surface area contributed by atoms with Gasteiger partial charge in [0.2, 0.25) is 0 Å². The minimum atomic E-state index is -0.906. The van der Waals surface area contributed by atoms with Gasteiger partial charge in [-0.25, -0.2) is 14.5 Å². The zero-order valence-electron chi connectivity index (χ0n) is 19.0. The molecule has 0 saturated carbocycles. The third-order valence-corrected chi connectivity index (χ3v) is 6.18. The number of likely N-dealkylation sites (tertiary alicyclic amines) is 1. The number of β-lactam (4-membered cyclic amide) rings is 1. The highest BCUT2D eigenvalue weighted by Gasteiger charge is 2.59. The molecule has 0 spiro atoms. The van der Waals surface area contributed by atoms with Crippen LogP contribution in [0.15, 0.2) is 90.8 Å². The molecule has 3 heterocycles. The first-order valence-corrected chi connectivity index (χ1v) is 11.2. The van der Waals surface area contributed by atoms with Crippen LogP contribution in [0.5, 0.6) is 5.75 Å². The summed E-state index contributed by atoms with van der Waals surface area (Å²) in [6.07, 6.45) is 3.80. The van der Waals surface area contributed by atoms with Crippen molar-refractivity contribution in [3.63, 3.8) is 0 Å². The van der Waals surface area contributed by atoms with E-state index in [0.717, 1.165) is 21.6 Å². The van der Waals surface area contributed by atoms with Crippen molar-refractivity contribution in [2.45, 2.75) is 25.0 Å². The minimum absolute atomic E-state index is 0.126. The maximum Gasteiger partial charge on any atom is 0.422 e. The highest BCUT2D eigenvalue weighted by molar-refractivity contribution is 6.05. The molecule has 0 bridgehead atoms. The van der Waals surface area contributed by atoms with Crippen molar-refractivity contribution in [2.75, 3.05) is 6.61 Å². The van der Waals surface area contributed by atoms with Gasteiger partial charge in [-0.2, -0.15) is 0 Å². The van der Waals surface area contributed by atoms with E-state index in [0.29, 0.717) is 5.75 Å². The Bertz CT molecular complexity index is 1260. The molecule has 3 atom stereocenters. The molecule has 1 aromatic heterocycles. The van der Waals surface area contributed by atoms with Crippen LogP contribution in [-0.2, 0) is 9.53 Å². The van der Waals surface area contributed by atoms with Crippen molar-refractivity contribution in [3.05, 3.63) is 102 Å². The smallest absolute Gasteiger partial charge is 0.422 e. The van der Waals surface area contributed by atoms with Gasteiger partial charge >= 0.3 is 12.2 Å². The number of pyridine rings is 1. The summed E-state index contributed by atoms with van der Waals surface area (Å²) in [6, 6.07) is 19.5. The average molecular weight is 469 g/mol. The lowest BCUT2D eigenvalue weighted by atomic mass is 9.86. The van der Waals surface area contributed by atoms with Crippen LogP contribution in [0.2, 0.25) is 0 Å². The fourth-order valence-electron chi connectivity index (χ4n) is 4.52. The molecule has 2 aliphatic heterocycles. The maximum atomic E-state index is 13.4. The Kier molecular flexibility index (Phi) is 6.01. The van der Waals surface area contributed by atoms with Crippen molar-refractivity contribution in [3.8, 4) is 5.75 Å². The van der Waals surface area contributed by atoms with Gasteiger partial charge in [0.15, 0.2) is 0 Å². The summed E-state index contributed by atoms with van der Waals surface area (Å²) in [6.45, 7) is 1.95. The van der Waals surface area contributed by atoms with Gasteiger partial charge < -0.3 is 9.47 Å². The number of carbonyl (C=O) groups excluding carboxylic acids is 3. The van der Waals surface area contributed by atoms with E-state index < -0.39 is 36.2 Å². The summed E-state index contributed by atoms with van der Waals surface area (Å²) >= 11 is 0. The van der Waals surface area contributed by atoms with E-state index in [9.17, 15) is 14.4 Å².